The SMILES string of the molecule is CC[C@H](C)[C@H](N)C(=O)N[C@@H](CC(C)C)C(=O)N[C@@H](CCCCN)C(=O)N[C@@H](CCC(=O)O)C(=O)N1CCC[C@H]1C(=O)N[C@H](C(=O)N[C@@H](Cc1cnc[nH]1)C(=O)NCC(=O)N[C@@H](C)C(=O)N[C@@H](C[Se])C(=O)O)C(C)C. The number of carboxylic acid groups (broad SMARTS) is 2. The van der Waals surface area contributed by atoms with E-state index in [0.717, 1.165) is 0 Å². The van der Waals surface area contributed by atoms with Crippen LogP contribution in [0, 0.1) is 17.8 Å². The molecule has 9 amide bonds. The summed E-state index contributed by atoms with van der Waals surface area (Å²) in [6, 6.07) is -10.9. The molecule has 415 valence electrons. The normalized spacial score (nSPS) is 17.0. The molecule has 1 saturated heterocycles. The molecule has 26 nitrogen and oxygen atoms in total. The number of H-pyrrole nitrogens is 1. The number of aromatic amines is 1. The maximum absolute atomic E-state index is 14.4. The van der Waals surface area contributed by atoms with Gasteiger partial charge in [-0.25, -0.2) is 4.98 Å². The van der Waals surface area contributed by atoms with Gasteiger partial charge in [0.1, 0.15) is 30.2 Å². The molecule has 2 heterocycles. The molecule has 0 saturated carbocycles. The summed E-state index contributed by atoms with van der Waals surface area (Å²) >= 11 is 2.51. The number of nitrogens with zero attached hydrogens (tertiary/aromatic N) is 2. The molecule has 0 unspecified atom stereocenters. The van der Waals surface area contributed by atoms with E-state index in [-0.39, 0.29) is 62.3 Å². The quantitative estimate of drug-likeness (QED) is 0.0250. The van der Waals surface area contributed by atoms with Crippen molar-refractivity contribution in [1.82, 2.24) is 57.4 Å². The number of unbranched alkanes of at least 4 members (excludes halogenated alkanes) is 1. The first-order chi connectivity index (χ1) is 34.8. The second kappa shape index (κ2) is 32.2. The zero-order valence-corrected chi connectivity index (χ0v) is 45.0. The van der Waals surface area contributed by atoms with Crippen LogP contribution in [0.25, 0.3) is 0 Å². The van der Waals surface area contributed by atoms with Crippen LogP contribution in [0.3, 0.4) is 0 Å². The van der Waals surface area contributed by atoms with Gasteiger partial charge in [-0.1, -0.05) is 48.0 Å². The number of nitrogens with two attached hydrogens (primary N) is 2. The van der Waals surface area contributed by atoms with Crippen molar-refractivity contribution in [3.8, 4) is 0 Å². The first-order valence-electron chi connectivity index (χ1n) is 25.0. The maximum atomic E-state index is 14.4. The van der Waals surface area contributed by atoms with Crippen molar-refractivity contribution in [2.45, 2.75) is 172 Å². The van der Waals surface area contributed by atoms with E-state index in [1.54, 1.807) is 13.8 Å². The van der Waals surface area contributed by atoms with Gasteiger partial charge in [0.05, 0.1) is 12.4 Å². The van der Waals surface area contributed by atoms with Crippen LogP contribution in [0.1, 0.15) is 112 Å². The number of amides is 9. The number of likely N-dealkylation sites (tertiary alicyclic amines) is 1. The molecule has 1 radical (unpaired) electrons. The van der Waals surface area contributed by atoms with E-state index in [2.05, 4.69) is 68.5 Å². The van der Waals surface area contributed by atoms with Crippen molar-refractivity contribution in [1.29, 1.82) is 0 Å². The topological polar surface area (TPSA) is 408 Å². The Hall–Kier alpha value is -6.18. The van der Waals surface area contributed by atoms with Gasteiger partial charge in [0.2, 0.25) is 35.4 Å². The molecular weight excluding hydrogens is 1030 g/mol. The number of rotatable bonds is 33. The van der Waals surface area contributed by atoms with E-state index < -0.39 is 138 Å². The molecule has 1 aromatic rings. The van der Waals surface area contributed by atoms with Crippen LogP contribution < -0.4 is 54.0 Å². The second-order valence-electron chi connectivity index (χ2n) is 19.3. The minimum absolute atomic E-state index is 0.0265. The number of nitrogens with one attached hydrogen (secondary N) is 9. The van der Waals surface area contributed by atoms with Gasteiger partial charge in [0.15, 0.2) is 0 Å². The van der Waals surface area contributed by atoms with Crippen LogP contribution in [0.4, 0.5) is 0 Å². The average molecular weight is 1110 g/mol. The fourth-order valence-corrected chi connectivity index (χ4v) is 8.28. The van der Waals surface area contributed by atoms with Crippen LogP contribution in [0.15, 0.2) is 12.5 Å². The number of carbonyl (C=O) groups is 11. The van der Waals surface area contributed by atoms with E-state index >= 15 is 0 Å². The number of aromatic nitrogens is 2. The van der Waals surface area contributed by atoms with Gasteiger partial charge >= 0.3 is 135 Å². The van der Waals surface area contributed by atoms with Crippen LogP contribution in [-0.4, -0.2) is 180 Å². The molecule has 1 aromatic heterocycles. The Morgan fingerprint density at radius 2 is 1.39 bits per heavy atom. The average Bonchev–Trinajstić information content (AvgIpc) is 4.06. The van der Waals surface area contributed by atoms with Gasteiger partial charge in [-0.2, -0.15) is 0 Å². The predicted molar refractivity (Wildman–Crippen MR) is 269 cm³/mol. The molecule has 1 fully saturated rings. The van der Waals surface area contributed by atoms with Crippen molar-refractivity contribution >= 4 is 81.1 Å². The smallest absolute Gasteiger partial charge is 0.0176 e. The summed E-state index contributed by atoms with van der Waals surface area (Å²) < 4.78 is 0. The molecular formula is C47H78N13O13Se. The number of aliphatic carboxylic acids is 2. The van der Waals surface area contributed by atoms with E-state index in [1.165, 1.54) is 24.3 Å². The van der Waals surface area contributed by atoms with Crippen molar-refractivity contribution < 1.29 is 63.0 Å². The van der Waals surface area contributed by atoms with Crippen molar-refractivity contribution in [3.63, 3.8) is 0 Å². The number of carboxylic acids is 2. The molecule has 27 heteroatoms. The minimum atomic E-state index is -1.47. The molecule has 2 rings (SSSR count). The summed E-state index contributed by atoms with van der Waals surface area (Å²) in [6.45, 7) is 11.6. The standard InChI is InChI=1S/C47H78N13O13Se/c1-8-26(6)37(49)44(69)56-31(18-24(2)3)42(67)54-29(12-9-10-16-48)41(66)55-30(14-15-36(62)63)46(71)60-17-11-13-34(60)43(68)59-38(25(4)5)45(70)57-32(19-28-20-50-23-52-28)40(65)51-21-35(61)53-27(7)39(64)58-33(22-74)47(72)73/h20,23-27,29-34,37-38H,8-19,21-22,48-49H2,1-7H3,(H,50,52)(H,51,65)(H,53,61)(H,54,67)(H,55,66)(H,56,69)(H,57,70)(H,58,64)(H,59,68)(H,62,63)(H,72,73)/t26-,27-,29-,30-,31-,32-,33-,34-,37-,38-/m0/s1. The second-order valence-corrected chi connectivity index (χ2v) is 20.0. The van der Waals surface area contributed by atoms with Crippen molar-refractivity contribution in [2.24, 2.45) is 29.2 Å². The Bertz CT molecular complexity index is 2080. The summed E-state index contributed by atoms with van der Waals surface area (Å²) in [4.78, 5) is 153. The monoisotopic (exact) mass is 1110 g/mol. The summed E-state index contributed by atoms with van der Waals surface area (Å²) in [5, 5.41) is 39.3. The maximum Gasteiger partial charge on any atom is -0.0176 e. The van der Waals surface area contributed by atoms with Gasteiger partial charge in [-0.05, 0) is 69.2 Å². The molecule has 15 N–H and O–H groups in total. The Kier molecular flexibility index (Phi) is 27.8. The fourth-order valence-electron chi connectivity index (χ4n) is 7.81. The third-order valence-electron chi connectivity index (χ3n) is 12.4. The van der Waals surface area contributed by atoms with E-state index in [9.17, 15) is 63.0 Å². The number of hydrogen-bond donors (Lipinski definition) is 13. The van der Waals surface area contributed by atoms with E-state index in [1.807, 2.05) is 27.7 Å². The van der Waals surface area contributed by atoms with Crippen LogP contribution in [0.5, 0.6) is 0 Å². The van der Waals surface area contributed by atoms with Crippen LogP contribution >= 0.6 is 0 Å². The first kappa shape index (κ1) is 63.9. The third-order valence-corrected chi connectivity index (χ3v) is 13.1. The molecule has 1 aliphatic heterocycles. The number of imidazole rings is 1. The van der Waals surface area contributed by atoms with Gasteiger partial charge in [0, 0.05) is 24.9 Å². The van der Waals surface area contributed by atoms with E-state index in [4.69, 9.17) is 11.5 Å². The van der Waals surface area contributed by atoms with Gasteiger partial charge in [0.25, 0.3) is 0 Å². The zero-order valence-electron chi connectivity index (χ0n) is 43.3. The molecule has 0 aliphatic carbocycles. The summed E-state index contributed by atoms with van der Waals surface area (Å²) in [7, 11) is 0. The summed E-state index contributed by atoms with van der Waals surface area (Å²) in [6.07, 6.45) is 3.90. The number of hydrogen-bond acceptors (Lipinski definition) is 14. The molecule has 1 aliphatic rings. The Labute approximate surface area is 439 Å². The summed E-state index contributed by atoms with van der Waals surface area (Å²) in [5.41, 5.74) is 12.3. The zero-order chi connectivity index (χ0) is 55.8. The van der Waals surface area contributed by atoms with Gasteiger partial charge in [-0.15, -0.1) is 0 Å². The molecule has 10 atom stereocenters. The summed E-state index contributed by atoms with van der Waals surface area (Å²) in [5.74, 6) is -10.1. The first-order valence-corrected chi connectivity index (χ1v) is 26.2. The van der Waals surface area contributed by atoms with Crippen LogP contribution in [0.2, 0.25) is 5.32 Å². The van der Waals surface area contributed by atoms with Gasteiger partial charge in [-0.3, -0.25) is 33.6 Å². The molecule has 0 bridgehead atoms. The predicted octanol–water partition coefficient (Wildman–Crippen LogP) is -2.79. The Morgan fingerprint density at radius 3 is 1.96 bits per heavy atom. The minimum Gasteiger partial charge on any atom is -0.0603 e. The van der Waals surface area contributed by atoms with Crippen molar-refractivity contribution in [2.75, 3.05) is 19.6 Å². The third kappa shape index (κ3) is 21.3. The Morgan fingerprint density at radius 1 is 0.770 bits per heavy atom. The van der Waals surface area contributed by atoms with Crippen LogP contribution in [-0.2, 0) is 59.2 Å². The molecule has 74 heavy (non-hydrogen) atoms. The van der Waals surface area contributed by atoms with Gasteiger partial charge < -0.3 is 47.7 Å². The largest absolute Gasteiger partial charge is 0.0603 e. The van der Waals surface area contributed by atoms with Crippen molar-refractivity contribution in [3.05, 3.63) is 18.2 Å². The van der Waals surface area contributed by atoms with E-state index in [0.29, 0.717) is 31.4 Å². The fraction of sp³-hybridized carbons (Fsp3) is 0.702. The molecule has 0 spiro atoms. The number of carbonyl (C=O) groups excluding carboxylic acids is 9. The Balaban J connectivity index is 2.30. The molecule has 0 aromatic carbocycles.